The lowest BCUT2D eigenvalue weighted by molar-refractivity contribution is -0.607. The molecular formula is C22H22F4N2O5. The van der Waals surface area contributed by atoms with Crippen molar-refractivity contribution in [3.63, 3.8) is 0 Å². The first-order chi connectivity index (χ1) is 15.3. The van der Waals surface area contributed by atoms with Gasteiger partial charge >= 0.3 is 6.61 Å². The molecule has 0 unspecified atom stereocenters. The van der Waals surface area contributed by atoms with Crippen molar-refractivity contribution in [1.82, 2.24) is 0 Å². The highest BCUT2D eigenvalue weighted by molar-refractivity contribution is 5.97. The van der Waals surface area contributed by atoms with Crippen molar-refractivity contribution in [2.24, 2.45) is 5.92 Å². The van der Waals surface area contributed by atoms with Crippen LogP contribution in [0.2, 0.25) is 0 Å². The molecule has 11 heteroatoms. The maximum absolute atomic E-state index is 14.4. The van der Waals surface area contributed by atoms with Gasteiger partial charge in [0.15, 0.2) is 17.8 Å². The fraction of sp³-hybridized carbons (Fsp3) is 0.409. The van der Waals surface area contributed by atoms with Crippen LogP contribution in [0.1, 0.15) is 49.7 Å². The van der Waals surface area contributed by atoms with E-state index in [0.29, 0.717) is 4.73 Å². The third kappa shape index (κ3) is 4.77. The molecule has 0 bridgehead atoms. The summed E-state index contributed by atoms with van der Waals surface area (Å²) in [5.74, 6) is -6.72. The molecule has 7 nitrogen and oxygen atoms in total. The van der Waals surface area contributed by atoms with Gasteiger partial charge in [-0.15, -0.1) is 0 Å². The van der Waals surface area contributed by atoms with Crippen LogP contribution in [-0.4, -0.2) is 30.0 Å². The normalized spacial score (nSPS) is 21.8. The fourth-order valence-corrected chi connectivity index (χ4v) is 3.91. The summed E-state index contributed by atoms with van der Waals surface area (Å²) in [5, 5.41) is 14.2. The summed E-state index contributed by atoms with van der Waals surface area (Å²) in [6, 6.07) is 4.28. The van der Waals surface area contributed by atoms with Crippen LogP contribution >= 0.6 is 0 Å². The van der Waals surface area contributed by atoms with Crippen molar-refractivity contribution in [3.8, 4) is 5.75 Å². The van der Waals surface area contributed by atoms with Gasteiger partial charge in [-0.25, -0.2) is 4.39 Å². The van der Waals surface area contributed by atoms with Crippen molar-refractivity contribution >= 4 is 17.4 Å². The topological polar surface area (TPSA) is 91.6 Å². The first-order valence-corrected chi connectivity index (χ1v) is 9.99. The summed E-state index contributed by atoms with van der Waals surface area (Å²) in [6.07, 6.45) is -0.268. The molecule has 3 atom stereocenters. The monoisotopic (exact) mass is 470 g/mol. The first kappa shape index (κ1) is 24.4. The number of hydrogen-bond acceptors (Lipinski definition) is 5. The van der Waals surface area contributed by atoms with Crippen LogP contribution in [0.25, 0.3) is 0 Å². The van der Waals surface area contributed by atoms with Crippen molar-refractivity contribution in [2.75, 3.05) is 5.32 Å². The second-order valence-corrected chi connectivity index (χ2v) is 8.29. The number of ketones is 1. The lowest BCUT2D eigenvalue weighted by Gasteiger charge is -2.26. The zero-order valence-electron chi connectivity index (χ0n) is 18.2. The van der Waals surface area contributed by atoms with E-state index in [-0.39, 0.29) is 16.9 Å². The van der Waals surface area contributed by atoms with Gasteiger partial charge in [-0.2, -0.15) is 17.9 Å². The summed E-state index contributed by atoms with van der Waals surface area (Å²) >= 11 is 0. The van der Waals surface area contributed by atoms with Gasteiger partial charge in [-0.1, -0.05) is 13.0 Å². The van der Waals surface area contributed by atoms with E-state index >= 15 is 0 Å². The molecule has 1 N–H and O–H groups in total. The van der Waals surface area contributed by atoms with Crippen molar-refractivity contribution in [1.29, 1.82) is 0 Å². The van der Waals surface area contributed by atoms with Crippen LogP contribution < -0.4 is 14.8 Å². The Morgan fingerprint density at radius 3 is 2.52 bits per heavy atom. The molecule has 1 aromatic carbocycles. The molecule has 0 aliphatic carbocycles. The van der Waals surface area contributed by atoms with Crippen LogP contribution in [-0.2, 0) is 9.53 Å². The molecule has 1 saturated heterocycles. The largest absolute Gasteiger partial charge is 0.618 e. The first-order valence-electron chi connectivity index (χ1n) is 9.99. The molecule has 0 spiro atoms. The van der Waals surface area contributed by atoms with Gasteiger partial charge in [0.05, 0.1) is 11.3 Å². The van der Waals surface area contributed by atoms with Crippen LogP contribution in [0.3, 0.4) is 0 Å². The predicted molar refractivity (Wildman–Crippen MR) is 108 cm³/mol. The maximum Gasteiger partial charge on any atom is 0.387 e. The van der Waals surface area contributed by atoms with Crippen molar-refractivity contribution in [2.45, 2.75) is 51.9 Å². The molecule has 3 rings (SSSR count). The number of amides is 1. The standard InChI is InChI=1S/C22H22F4N2O5/c1-10-16(13-5-6-14(23)17(24)18(13)32-21(25)26)19(33-22(10,3)4)20(30)27-12-7-8-28(31)15(9-12)11(2)29/h5-10,16,19,21H,1-4H3,(H,27,30)/t10-,16-,19+/m0/s1. The summed E-state index contributed by atoms with van der Waals surface area (Å²) < 4.78 is 64.6. The number of nitrogens with one attached hydrogen (secondary N) is 1. The Morgan fingerprint density at radius 1 is 1.24 bits per heavy atom. The van der Waals surface area contributed by atoms with E-state index in [1.54, 1.807) is 20.8 Å². The third-order valence-corrected chi connectivity index (χ3v) is 5.84. The highest BCUT2D eigenvalue weighted by Gasteiger charge is 2.52. The second kappa shape index (κ2) is 8.97. The molecule has 1 fully saturated rings. The number of nitrogens with zero attached hydrogens (tertiary/aromatic N) is 1. The van der Waals surface area contributed by atoms with E-state index in [4.69, 9.17) is 4.74 Å². The molecule has 1 aliphatic rings. The van der Waals surface area contributed by atoms with Crippen LogP contribution in [0.15, 0.2) is 30.5 Å². The van der Waals surface area contributed by atoms with E-state index in [2.05, 4.69) is 10.1 Å². The Balaban J connectivity index is 2.02. The van der Waals surface area contributed by atoms with Crippen LogP contribution in [0.5, 0.6) is 5.75 Å². The highest BCUT2D eigenvalue weighted by Crippen LogP contribution is 2.49. The summed E-state index contributed by atoms with van der Waals surface area (Å²) in [5.41, 5.74) is -1.19. The van der Waals surface area contributed by atoms with Crippen LogP contribution in [0, 0.1) is 22.8 Å². The SMILES string of the molecule is CC(=O)c1cc(NC(=O)[C@@H]2OC(C)(C)[C@@H](C)[C@H]2c2ccc(F)c(F)c2OC(F)F)cc[n+]1[O-]. The quantitative estimate of drug-likeness (QED) is 0.299. The number of carbonyl (C=O) groups is 2. The Kier molecular flexibility index (Phi) is 6.64. The van der Waals surface area contributed by atoms with E-state index in [9.17, 15) is 32.4 Å². The molecule has 33 heavy (non-hydrogen) atoms. The number of Topliss-reactive ketones (excluding diaryl/α,β-unsaturated/α-hetero) is 1. The summed E-state index contributed by atoms with van der Waals surface area (Å²) in [7, 11) is 0. The Bertz CT molecular complexity index is 1090. The minimum Gasteiger partial charge on any atom is -0.618 e. The molecule has 1 aromatic heterocycles. The zero-order chi connectivity index (χ0) is 24.7. The zero-order valence-corrected chi connectivity index (χ0v) is 18.2. The molecule has 2 aromatic rings. The van der Waals surface area contributed by atoms with E-state index < -0.39 is 59.2 Å². The van der Waals surface area contributed by atoms with Gasteiger partial charge < -0.3 is 20.0 Å². The summed E-state index contributed by atoms with van der Waals surface area (Å²) in [4.78, 5) is 24.7. The lowest BCUT2D eigenvalue weighted by Crippen LogP contribution is -2.35. The van der Waals surface area contributed by atoms with Crippen molar-refractivity contribution in [3.05, 3.63) is 58.6 Å². The number of pyridine rings is 1. The van der Waals surface area contributed by atoms with E-state index in [1.807, 2.05) is 0 Å². The molecule has 2 heterocycles. The lowest BCUT2D eigenvalue weighted by atomic mass is 9.78. The van der Waals surface area contributed by atoms with Crippen molar-refractivity contribution < 1.29 is 41.4 Å². The fourth-order valence-electron chi connectivity index (χ4n) is 3.91. The average molecular weight is 470 g/mol. The molecule has 178 valence electrons. The minimum absolute atomic E-state index is 0.117. The smallest absolute Gasteiger partial charge is 0.387 e. The number of halogens is 4. The highest BCUT2D eigenvalue weighted by atomic mass is 19.3. The molecule has 0 radical (unpaired) electrons. The van der Waals surface area contributed by atoms with Gasteiger partial charge in [0, 0.05) is 30.5 Å². The number of hydrogen-bond donors (Lipinski definition) is 1. The molecular weight excluding hydrogens is 448 g/mol. The third-order valence-electron chi connectivity index (χ3n) is 5.84. The Morgan fingerprint density at radius 2 is 1.91 bits per heavy atom. The number of alkyl halides is 2. The Hall–Kier alpha value is -3.21. The van der Waals surface area contributed by atoms with E-state index in [0.717, 1.165) is 18.3 Å². The Labute approximate surface area is 186 Å². The van der Waals surface area contributed by atoms with Gasteiger partial charge in [-0.05, 0) is 25.8 Å². The number of carbonyl (C=O) groups excluding carboxylic acids is 2. The number of rotatable bonds is 6. The summed E-state index contributed by atoms with van der Waals surface area (Å²) in [6.45, 7) is 2.78. The number of ether oxygens (including phenoxy) is 2. The molecule has 1 aliphatic heterocycles. The molecule has 0 saturated carbocycles. The minimum atomic E-state index is -3.42. The van der Waals surface area contributed by atoms with Gasteiger partial charge in [0.2, 0.25) is 11.6 Å². The number of aromatic nitrogens is 1. The van der Waals surface area contributed by atoms with E-state index in [1.165, 1.54) is 19.1 Å². The number of anilines is 1. The second-order valence-electron chi connectivity index (χ2n) is 8.29. The van der Waals surface area contributed by atoms with Crippen LogP contribution in [0.4, 0.5) is 23.2 Å². The van der Waals surface area contributed by atoms with Gasteiger partial charge in [0.1, 0.15) is 6.10 Å². The maximum atomic E-state index is 14.4. The molecule has 1 amide bonds. The predicted octanol–water partition coefficient (Wildman–Crippen LogP) is 3.94. The van der Waals surface area contributed by atoms with Gasteiger partial charge in [0.25, 0.3) is 11.6 Å². The van der Waals surface area contributed by atoms with Gasteiger partial charge in [-0.3, -0.25) is 9.59 Å². The average Bonchev–Trinajstić information content (AvgIpc) is 2.96. The number of benzene rings is 1.